The first kappa shape index (κ1) is 19.0. The molecule has 28 heavy (non-hydrogen) atoms. The second-order valence-corrected chi connectivity index (χ2v) is 8.99. The lowest BCUT2D eigenvalue weighted by atomic mass is 10.1. The summed E-state index contributed by atoms with van der Waals surface area (Å²) in [5.74, 6) is 1.40. The van der Waals surface area contributed by atoms with Crippen molar-refractivity contribution in [2.45, 2.75) is 38.3 Å². The van der Waals surface area contributed by atoms with Gasteiger partial charge in [0.25, 0.3) is 0 Å². The first-order valence-electron chi connectivity index (χ1n) is 9.75. The minimum Gasteiger partial charge on any atom is -0.486 e. The van der Waals surface area contributed by atoms with E-state index in [1.54, 1.807) is 10.4 Å². The smallest absolute Gasteiger partial charge is 0.236 e. The highest BCUT2D eigenvalue weighted by Gasteiger charge is 2.31. The van der Waals surface area contributed by atoms with Gasteiger partial charge in [-0.05, 0) is 42.2 Å². The van der Waals surface area contributed by atoms with E-state index in [0.29, 0.717) is 31.3 Å². The lowest BCUT2D eigenvalue weighted by molar-refractivity contribution is 0.171. The van der Waals surface area contributed by atoms with Crippen LogP contribution < -0.4 is 9.47 Å². The van der Waals surface area contributed by atoms with Gasteiger partial charge in [0.1, 0.15) is 13.2 Å². The fourth-order valence-corrected chi connectivity index (χ4v) is 5.23. The van der Waals surface area contributed by atoms with E-state index in [1.165, 1.54) is 5.41 Å². The van der Waals surface area contributed by atoms with Gasteiger partial charge in [-0.25, -0.2) is 8.42 Å². The number of benzene rings is 2. The lowest BCUT2D eigenvalue weighted by Crippen LogP contribution is -2.37. The molecule has 2 aliphatic rings. The van der Waals surface area contributed by atoms with Gasteiger partial charge in [-0.3, -0.25) is 0 Å². The zero-order valence-corrected chi connectivity index (χ0v) is 16.6. The summed E-state index contributed by atoms with van der Waals surface area (Å²) in [4.78, 5) is 0. The fourth-order valence-electron chi connectivity index (χ4n) is 3.79. The number of hydrogen-bond donors (Lipinski definition) is 0. The highest BCUT2D eigenvalue weighted by Crippen LogP contribution is 2.33. The third-order valence-electron chi connectivity index (χ3n) is 5.24. The van der Waals surface area contributed by atoms with E-state index in [4.69, 9.17) is 9.47 Å². The van der Waals surface area contributed by atoms with Gasteiger partial charge in [0.2, 0.25) is 10.0 Å². The zero-order valence-electron chi connectivity index (χ0n) is 15.8. The van der Waals surface area contributed by atoms with E-state index < -0.39 is 10.0 Å². The van der Waals surface area contributed by atoms with Crippen LogP contribution in [-0.4, -0.2) is 32.0 Å². The summed E-state index contributed by atoms with van der Waals surface area (Å²) in [5, 5.41) is 1.33. The standard InChI is InChI=1S/C22H25NO4S/c24-28(25,15-12-18-6-2-1-3-7-18)23(20-8-4-5-9-20)17-19-10-11-21-22(16-19)27-14-13-26-21/h1-3,6-7,10-12,15-16,20H,4-5,8-9,13-14,17H2/b15-12+. The van der Waals surface area contributed by atoms with Gasteiger partial charge in [0, 0.05) is 18.0 Å². The Morgan fingerprint density at radius 1 is 0.964 bits per heavy atom. The Morgan fingerprint density at radius 3 is 2.43 bits per heavy atom. The molecule has 148 valence electrons. The maximum Gasteiger partial charge on any atom is 0.236 e. The molecule has 0 saturated heterocycles. The van der Waals surface area contributed by atoms with Crippen LogP contribution in [0, 0.1) is 0 Å². The van der Waals surface area contributed by atoms with E-state index in [1.807, 2.05) is 48.5 Å². The maximum atomic E-state index is 13.2. The molecule has 2 aromatic rings. The molecule has 4 rings (SSSR count). The third-order valence-corrected chi connectivity index (χ3v) is 6.80. The summed E-state index contributed by atoms with van der Waals surface area (Å²) in [6.45, 7) is 1.39. The molecule has 0 spiro atoms. The monoisotopic (exact) mass is 399 g/mol. The van der Waals surface area contributed by atoms with Crippen LogP contribution in [0.15, 0.2) is 53.9 Å². The minimum absolute atomic E-state index is 0.0404. The van der Waals surface area contributed by atoms with Gasteiger partial charge in [-0.2, -0.15) is 4.31 Å². The quantitative estimate of drug-likeness (QED) is 0.730. The summed E-state index contributed by atoms with van der Waals surface area (Å²) in [6.07, 6.45) is 5.62. The number of fused-ring (bicyclic) bond motifs is 1. The summed E-state index contributed by atoms with van der Waals surface area (Å²) < 4.78 is 39.2. The highest BCUT2D eigenvalue weighted by molar-refractivity contribution is 7.92. The van der Waals surface area contributed by atoms with Crippen molar-refractivity contribution in [3.63, 3.8) is 0 Å². The van der Waals surface area contributed by atoms with Crippen molar-refractivity contribution in [1.29, 1.82) is 0 Å². The second kappa shape index (κ2) is 8.37. The number of hydrogen-bond acceptors (Lipinski definition) is 4. The van der Waals surface area contributed by atoms with Crippen molar-refractivity contribution in [1.82, 2.24) is 4.31 Å². The van der Waals surface area contributed by atoms with Crippen LogP contribution in [0.5, 0.6) is 11.5 Å². The number of sulfonamides is 1. The molecule has 0 N–H and O–H groups in total. The van der Waals surface area contributed by atoms with Gasteiger partial charge in [0.15, 0.2) is 11.5 Å². The zero-order chi connectivity index (χ0) is 19.4. The summed E-state index contributed by atoms with van der Waals surface area (Å²) in [5.41, 5.74) is 1.78. The number of nitrogens with zero attached hydrogens (tertiary/aromatic N) is 1. The van der Waals surface area contributed by atoms with Crippen LogP contribution in [0.1, 0.15) is 36.8 Å². The molecular weight excluding hydrogens is 374 g/mol. The predicted molar refractivity (Wildman–Crippen MR) is 110 cm³/mol. The van der Waals surface area contributed by atoms with Crippen LogP contribution in [-0.2, 0) is 16.6 Å². The summed E-state index contributed by atoms with van der Waals surface area (Å²) in [7, 11) is -3.54. The molecular formula is C22H25NO4S. The van der Waals surface area contributed by atoms with E-state index in [-0.39, 0.29) is 6.04 Å². The van der Waals surface area contributed by atoms with Crippen molar-refractivity contribution >= 4 is 16.1 Å². The molecule has 1 aliphatic heterocycles. The third kappa shape index (κ3) is 4.39. The SMILES string of the molecule is O=S(=O)(/C=C/c1ccccc1)N(Cc1ccc2c(c1)OCCO2)C1CCCC1. The van der Waals surface area contributed by atoms with Gasteiger partial charge < -0.3 is 9.47 Å². The molecule has 2 aromatic carbocycles. The Kier molecular flexibility index (Phi) is 5.69. The Balaban J connectivity index is 1.59. The average molecular weight is 400 g/mol. The Labute approximate surface area is 166 Å². The van der Waals surface area contributed by atoms with E-state index >= 15 is 0 Å². The van der Waals surface area contributed by atoms with Crippen molar-refractivity contribution in [3.05, 3.63) is 65.1 Å². The fraction of sp³-hybridized carbons (Fsp3) is 0.364. The largest absolute Gasteiger partial charge is 0.486 e. The van der Waals surface area contributed by atoms with Crippen LogP contribution in [0.2, 0.25) is 0 Å². The number of rotatable bonds is 6. The lowest BCUT2D eigenvalue weighted by Gasteiger charge is -2.27. The van der Waals surface area contributed by atoms with Gasteiger partial charge in [0.05, 0.1) is 0 Å². The van der Waals surface area contributed by atoms with E-state index in [2.05, 4.69) is 0 Å². The normalized spacial score (nSPS) is 17.5. The summed E-state index contributed by atoms with van der Waals surface area (Å²) in [6, 6.07) is 15.2. The minimum atomic E-state index is -3.54. The maximum absolute atomic E-state index is 13.2. The van der Waals surface area contributed by atoms with Crippen LogP contribution in [0.25, 0.3) is 6.08 Å². The average Bonchev–Trinajstić information content (AvgIpc) is 3.25. The molecule has 6 heteroatoms. The topological polar surface area (TPSA) is 55.8 Å². The highest BCUT2D eigenvalue weighted by atomic mass is 32.2. The van der Waals surface area contributed by atoms with Crippen molar-refractivity contribution in [2.24, 2.45) is 0 Å². The molecule has 0 bridgehead atoms. The van der Waals surface area contributed by atoms with E-state index in [9.17, 15) is 8.42 Å². The van der Waals surface area contributed by atoms with Crippen molar-refractivity contribution < 1.29 is 17.9 Å². The molecule has 1 heterocycles. The Hall–Kier alpha value is -2.31. The molecule has 5 nitrogen and oxygen atoms in total. The molecule has 1 aliphatic carbocycles. The molecule has 0 unspecified atom stereocenters. The van der Waals surface area contributed by atoms with Crippen molar-refractivity contribution in [2.75, 3.05) is 13.2 Å². The Morgan fingerprint density at radius 2 is 1.68 bits per heavy atom. The van der Waals surface area contributed by atoms with Gasteiger partial charge in [-0.15, -0.1) is 0 Å². The molecule has 0 aromatic heterocycles. The van der Waals surface area contributed by atoms with Crippen LogP contribution in [0.3, 0.4) is 0 Å². The summed E-state index contributed by atoms with van der Waals surface area (Å²) >= 11 is 0. The molecule has 0 amide bonds. The van der Waals surface area contributed by atoms with Gasteiger partial charge in [-0.1, -0.05) is 49.2 Å². The van der Waals surface area contributed by atoms with Crippen LogP contribution in [0.4, 0.5) is 0 Å². The van der Waals surface area contributed by atoms with E-state index in [0.717, 1.165) is 36.8 Å². The second-order valence-electron chi connectivity index (χ2n) is 7.22. The van der Waals surface area contributed by atoms with Crippen LogP contribution >= 0.6 is 0 Å². The number of ether oxygens (including phenoxy) is 2. The molecule has 0 radical (unpaired) electrons. The first-order chi connectivity index (χ1) is 13.6. The first-order valence-corrected chi connectivity index (χ1v) is 11.3. The van der Waals surface area contributed by atoms with Gasteiger partial charge >= 0.3 is 0 Å². The molecule has 1 saturated carbocycles. The van der Waals surface area contributed by atoms with Crippen molar-refractivity contribution in [3.8, 4) is 11.5 Å². The Bertz CT molecular complexity index is 934. The predicted octanol–water partition coefficient (Wildman–Crippen LogP) is 4.20. The molecule has 1 fully saturated rings. The molecule has 0 atom stereocenters.